The minimum Gasteiger partial charge on any atom is -0.305 e. The van der Waals surface area contributed by atoms with E-state index in [0.717, 1.165) is 5.65 Å². The molecule has 0 unspecified atom stereocenters. The van der Waals surface area contributed by atoms with Crippen molar-refractivity contribution in [3.05, 3.63) is 66.9 Å². The Morgan fingerprint density at radius 1 is 1.21 bits per heavy atom. The van der Waals surface area contributed by atoms with Crippen molar-refractivity contribution in [2.75, 3.05) is 5.32 Å². The highest BCUT2D eigenvalue weighted by Gasteiger charge is 2.17. The number of pyridine rings is 1. The fraction of sp³-hybridized carbons (Fsp3) is 0.0625. The molecule has 0 aliphatic rings. The first-order valence-electron chi connectivity index (χ1n) is 7.28. The molecule has 0 aliphatic carbocycles. The minimum absolute atomic E-state index is 0.276. The van der Waals surface area contributed by atoms with Crippen LogP contribution in [-0.2, 0) is 0 Å². The van der Waals surface area contributed by atoms with Crippen LogP contribution in [-0.4, -0.2) is 34.8 Å². The van der Waals surface area contributed by atoms with Gasteiger partial charge in [0, 0.05) is 24.7 Å². The Hall–Kier alpha value is -3.55. The van der Waals surface area contributed by atoms with Crippen LogP contribution in [0.15, 0.2) is 55.5 Å². The maximum atomic E-state index is 12.7. The normalized spacial score (nSPS) is 10.9. The van der Waals surface area contributed by atoms with Crippen molar-refractivity contribution in [1.82, 2.24) is 28.9 Å². The van der Waals surface area contributed by atoms with E-state index >= 15 is 0 Å². The Bertz CT molecular complexity index is 1020. The van der Waals surface area contributed by atoms with Crippen LogP contribution in [0.25, 0.3) is 11.5 Å². The molecule has 0 saturated heterocycles. The second-order valence-corrected chi connectivity index (χ2v) is 5.16. The average molecular weight is 319 g/mol. The number of rotatable bonds is 3. The summed E-state index contributed by atoms with van der Waals surface area (Å²) in [6, 6.07) is 7.27. The number of aryl methyl sites for hydroxylation is 1. The summed E-state index contributed by atoms with van der Waals surface area (Å²) < 4.78 is 3.49. The Balaban J connectivity index is 1.67. The van der Waals surface area contributed by atoms with Crippen molar-refractivity contribution >= 4 is 17.4 Å². The Labute approximate surface area is 136 Å². The van der Waals surface area contributed by atoms with Gasteiger partial charge in [-0.3, -0.25) is 13.8 Å². The van der Waals surface area contributed by atoms with Gasteiger partial charge in [-0.25, -0.2) is 19.9 Å². The van der Waals surface area contributed by atoms with Crippen molar-refractivity contribution in [1.29, 1.82) is 0 Å². The number of carbonyl (C=O) groups is 1. The standard InChI is InChI=1S/C16H13N7O/c1-11-15(23-6-3-2-4-13(23)20-11)16(24)21-12-8-14(19-9-18-12)22-7-5-17-10-22/h2-10H,1H3,(H,18,19,21,24). The molecule has 0 saturated carbocycles. The van der Waals surface area contributed by atoms with E-state index in [1.54, 1.807) is 46.9 Å². The second-order valence-electron chi connectivity index (χ2n) is 5.16. The zero-order valence-corrected chi connectivity index (χ0v) is 12.8. The lowest BCUT2D eigenvalue weighted by Crippen LogP contribution is -2.16. The zero-order chi connectivity index (χ0) is 16.5. The third kappa shape index (κ3) is 2.39. The summed E-state index contributed by atoms with van der Waals surface area (Å²) in [6.07, 6.45) is 8.25. The van der Waals surface area contributed by atoms with Crippen LogP contribution in [0, 0.1) is 6.92 Å². The fourth-order valence-corrected chi connectivity index (χ4v) is 2.51. The molecule has 0 radical (unpaired) electrons. The summed E-state index contributed by atoms with van der Waals surface area (Å²) >= 11 is 0. The minimum atomic E-state index is -0.276. The zero-order valence-electron chi connectivity index (χ0n) is 12.8. The van der Waals surface area contributed by atoms with Crippen LogP contribution in [0.2, 0.25) is 0 Å². The lowest BCUT2D eigenvalue weighted by Gasteiger charge is -2.07. The number of imidazole rings is 2. The lowest BCUT2D eigenvalue weighted by molar-refractivity contribution is 0.102. The molecule has 8 heteroatoms. The number of anilines is 1. The number of amides is 1. The van der Waals surface area contributed by atoms with Crippen LogP contribution in [0.3, 0.4) is 0 Å². The highest BCUT2D eigenvalue weighted by atomic mass is 16.2. The van der Waals surface area contributed by atoms with Gasteiger partial charge in [0.1, 0.15) is 35.6 Å². The van der Waals surface area contributed by atoms with E-state index in [1.165, 1.54) is 6.33 Å². The van der Waals surface area contributed by atoms with E-state index in [9.17, 15) is 4.79 Å². The quantitative estimate of drug-likeness (QED) is 0.622. The molecule has 4 aromatic rings. The molecule has 24 heavy (non-hydrogen) atoms. The molecule has 0 fully saturated rings. The van der Waals surface area contributed by atoms with Crippen LogP contribution in [0.1, 0.15) is 16.2 Å². The number of aromatic nitrogens is 6. The third-order valence-electron chi connectivity index (χ3n) is 3.58. The van der Waals surface area contributed by atoms with E-state index in [0.29, 0.717) is 23.0 Å². The first-order valence-corrected chi connectivity index (χ1v) is 7.28. The SMILES string of the molecule is Cc1nc2ccccn2c1C(=O)Nc1cc(-n2ccnc2)ncn1. The number of hydrogen-bond donors (Lipinski definition) is 1. The van der Waals surface area contributed by atoms with Crippen molar-refractivity contribution in [2.45, 2.75) is 6.92 Å². The van der Waals surface area contributed by atoms with Gasteiger partial charge in [0.2, 0.25) is 0 Å². The van der Waals surface area contributed by atoms with E-state index in [-0.39, 0.29) is 5.91 Å². The molecule has 0 aromatic carbocycles. The molecule has 118 valence electrons. The van der Waals surface area contributed by atoms with E-state index in [1.807, 2.05) is 18.2 Å². The van der Waals surface area contributed by atoms with Gasteiger partial charge in [-0.1, -0.05) is 6.07 Å². The van der Waals surface area contributed by atoms with E-state index in [2.05, 4.69) is 25.3 Å². The Kier molecular flexibility index (Phi) is 3.27. The molecule has 0 bridgehead atoms. The summed E-state index contributed by atoms with van der Waals surface area (Å²) in [7, 11) is 0. The van der Waals surface area contributed by atoms with Crippen molar-refractivity contribution in [3.63, 3.8) is 0 Å². The number of nitrogens with one attached hydrogen (secondary N) is 1. The number of hydrogen-bond acceptors (Lipinski definition) is 5. The van der Waals surface area contributed by atoms with E-state index in [4.69, 9.17) is 0 Å². The van der Waals surface area contributed by atoms with Crippen molar-refractivity contribution in [3.8, 4) is 5.82 Å². The second kappa shape index (κ2) is 5.58. The van der Waals surface area contributed by atoms with Gasteiger partial charge in [0.25, 0.3) is 5.91 Å². The Morgan fingerprint density at radius 2 is 2.12 bits per heavy atom. The smallest absolute Gasteiger partial charge is 0.275 e. The number of carbonyl (C=O) groups excluding carboxylic acids is 1. The van der Waals surface area contributed by atoms with Gasteiger partial charge in [0.15, 0.2) is 0 Å². The predicted molar refractivity (Wildman–Crippen MR) is 87.0 cm³/mol. The topological polar surface area (TPSA) is 90.0 Å². The summed E-state index contributed by atoms with van der Waals surface area (Å²) in [4.78, 5) is 29.3. The highest BCUT2D eigenvalue weighted by molar-refractivity contribution is 6.04. The molecule has 4 heterocycles. The third-order valence-corrected chi connectivity index (χ3v) is 3.58. The fourth-order valence-electron chi connectivity index (χ4n) is 2.51. The van der Waals surface area contributed by atoms with Crippen LogP contribution in [0.4, 0.5) is 5.82 Å². The molecule has 0 aliphatic heterocycles. The van der Waals surface area contributed by atoms with Crippen LogP contribution in [0.5, 0.6) is 0 Å². The lowest BCUT2D eigenvalue weighted by atomic mass is 10.3. The van der Waals surface area contributed by atoms with Crippen LogP contribution >= 0.6 is 0 Å². The molecule has 0 atom stereocenters. The predicted octanol–water partition coefficient (Wildman–Crippen LogP) is 1.87. The molecule has 1 amide bonds. The molecule has 4 aromatic heterocycles. The maximum Gasteiger partial charge on any atom is 0.275 e. The van der Waals surface area contributed by atoms with Gasteiger partial charge in [-0.2, -0.15) is 0 Å². The van der Waals surface area contributed by atoms with Gasteiger partial charge in [-0.15, -0.1) is 0 Å². The maximum absolute atomic E-state index is 12.7. The molecular weight excluding hydrogens is 306 g/mol. The number of nitrogens with zero attached hydrogens (tertiary/aromatic N) is 6. The van der Waals surface area contributed by atoms with Crippen molar-refractivity contribution < 1.29 is 4.79 Å². The largest absolute Gasteiger partial charge is 0.305 e. The summed E-state index contributed by atoms with van der Waals surface area (Å²) in [5, 5.41) is 2.80. The van der Waals surface area contributed by atoms with Gasteiger partial charge >= 0.3 is 0 Å². The number of fused-ring (bicyclic) bond motifs is 1. The summed E-state index contributed by atoms with van der Waals surface area (Å²) in [5.41, 5.74) is 1.86. The van der Waals surface area contributed by atoms with Crippen molar-refractivity contribution in [2.24, 2.45) is 0 Å². The Morgan fingerprint density at radius 3 is 2.96 bits per heavy atom. The highest BCUT2D eigenvalue weighted by Crippen LogP contribution is 2.15. The van der Waals surface area contributed by atoms with Gasteiger partial charge in [0.05, 0.1) is 5.69 Å². The first-order chi connectivity index (χ1) is 11.7. The van der Waals surface area contributed by atoms with Gasteiger partial charge < -0.3 is 5.32 Å². The molecular formula is C16H13N7O. The summed E-state index contributed by atoms with van der Waals surface area (Å²) in [5.74, 6) is 0.748. The van der Waals surface area contributed by atoms with Crippen LogP contribution < -0.4 is 5.32 Å². The monoisotopic (exact) mass is 319 g/mol. The molecule has 4 rings (SSSR count). The van der Waals surface area contributed by atoms with Gasteiger partial charge in [-0.05, 0) is 19.1 Å². The van der Waals surface area contributed by atoms with E-state index < -0.39 is 0 Å². The molecule has 0 spiro atoms. The average Bonchev–Trinajstić information content (AvgIpc) is 3.21. The summed E-state index contributed by atoms with van der Waals surface area (Å²) in [6.45, 7) is 1.80. The first kappa shape index (κ1) is 14.1. The molecule has 1 N–H and O–H groups in total. The molecule has 8 nitrogen and oxygen atoms in total.